The van der Waals surface area contributed by atoms with Crippen molar-refractivity contribution in [2.24, 2.45) is 17.8 Å². The van der Waals surface area contributed by atoms with Crippen LogP contribution < -0.4 is 10.0 Å². The molecule has 0 saturated heterocycles. The highest BCUT2D eigenvalue weighted by Crippen LogP contribution is 2.55. The molecule has 5 rings (SSSR count). The minimum absolute atomic E-state index is 0.0725. The van der Waals surface area contributed by atoms with Gasteiger partial charge in [-0.1, -0.05) is 6.07 Å². The van der Waals surface area contributed by atoms with Gasteiger partial charge in [-0.25, -0.2) is 13.1 Å². The van der Waals surface area contributed by atoms with Crippen LogP contribution in [-0.2, 0) is 10.0 Å². The van der Waals surface area contributed by atoms with E-state index >= 15 is 0 Å². The number of carbonyl (C=O) groups is 1. The Balaban J connectivity index is 1.53. The lowest BCUT2D eigenvalue weighted by Crippen LogP contribution is -2.59. The van der Waals surface area contributed by atoms with Crippen LogP contribution in [-0.4, -0.2) is 25.9 Å². The van der Waals surface area contributed by atoms with Crippen LogP contribution in [0.5, 0.6) is 0 Å². The molecule has 0 aromatic heterocycles. The summed E-state index contributed by atoms with van der Waals surface area (Å²) in [5, 5.41) is 3.31. The molecule has 0 unspecified atom stereocenters. The standard InChI is InChI=1S/C20H28N2O3S/c1-13(2)22-26(24,25)18-5-3-4-17(9-18)19(23)21-20-10-14-6-15(11-20)8-16(7-14)12-20/h3-5,9,13-16,22H,6-8,10-12H2,1-2H3,(H,21,23). The highest BCUT2D eigenvalue weighted by atomic mass is 32.2. The number of benzene rings is 1. The summed E-state index contributed by atoms with van der Waals surface area (Å²) >= 11 is 0. The zero-order valence-electron chi connectivity index (χ0n) is 15.5. The third-order valence-corrected chi connectivity index (χ3v) is 7.87. The molecule has 1 aromatic rings. The van der Waals surface area contributed by atoms with Crippen molar-refractivity contribution in [1.29, 1.82) is 0 Å². The first-order valence-electron chi connectivity index (χ1n) is 9.70. The summed E-state index contributed by atoms with van der Waals surface area (Å²) in [4.78, 5) is 13.0. The molecule has 2 N–H and O–H groups in total. The molecule has 0 aliphatic heterocycles. The fourth-order valence-electron chi connectivity index (χ4n) is 5.76. The van der Waals surface area contributed by atoms with Gasteiger partial charge in [-0.05, 0) is 88.3 Å². The van der Waals surface area contributed by atoms with Gasteiger partial charge in [0.15, 0.2) is 0 Å². The van der Waals surface area contributed by atoms with Gasteiger partial charge in [0.2, 0.25) is 10.0 Å². The minimum Gasteiger partial charge on any atom is -0.347 e. The molecular weight excluding hydrogens is 348 g/mol. The number of hydrogen-bond acceptors (Lipinski definition) is 3. The lowest BCUT2D eigenvalue weighted by atomic mass is 9.53. The fraction of sp³-hybridized carbons (Fsp3) is 0.650. The molecule has 6 heteroatoms. The second kappa shape index (κ2) is 6.34. The summed E-state index contributed by atoms with van der Waals surface area (Å²) in [7, 11) is -3.60. The third kappa shape index (κ3) is 3.41. The van der Waals surface area contributed by atoms with Crippen molar-refractivity contribution in [3.8, 4) is 0 Å². The Labute approximate surface area is 156 Å². The number of nitrogens with one attached hydrogen (secondary N) is 2. The van der Waals surface area contributed by atoms with Crippen molar-refractivity contribution in [2.45, 2.75) is 68.8 Å². The maximum Gasteiger partial charge on any atom is 0.251 e. The van der Waals surface area contributed by atoms with Crippen molar-refractivity contribution in [3.05, 3.63) is 29.8 Å². The number of sulfonamides is 1. The normalized spacial score (nSPS) is 32.8. The quantitative estimate of drug-likeness (QED) is 0.829. The second-order valence-electron chi connectivity index (χ2n) is 8.96. The molecule has 0 atom stereocenters. The van der Waals surface area contributed by atoms with Crippen LogP contribution in [0.3, 0.4) is 0 Å². The van der Waals surface area contributed by atoms with Crippen LogP contribution in [0, 0.1) is 17.8 Å². The molecule has 0 heterocycles. The highest BCUT2D eigenvalue weighted by molar-refractivity contribution is 7.89. The number of rotatable bonds is 5. The first-order valence-corrected chi connectivity index (χ1v) is 11.2. The highest BCUT2D eigenvalue weighted by Gasteiger charge is 2.51. The van der Waals surface area contributed by atoms with Crippen molar-refractivity contribution in [3.63, 3.8) is 0 Å². The van der Waals surface area contributed by atoms with E-state index in [9.17, 15) is 13.2 Å². The maximum absolute atomic E-state index is 12.9. The molecule has 0 spiro atoms. The number of hydrogen-bond donors (Lipinski definition) is 2. The van der Waals surface area contributed by atoms with Crippen LogP contribution in [0.1, 0.15) is 62.7 Å². The Hall–Kier alpha value is -1.40. The third-order valence-electron chi connectivity index (χ3n) is 6.21. The number of amides is 1. The summed E-state index contributed by atoms with van der Waals surface area (Å²) in [6, 6.07) is 6.17. The van der Waals surface area contributed by atoms with Crippen LogP contribution in [0.25, 0.3) is 0 Å². The van der Waals surface area contributed by atoms with Gasteiger partial charge < -0.3 is 5.32 Å². The molecule has 4 bridgehead atoms. The molecule has 4 saturated carbocycles. The molecule has 4 aliphatic carbocycles. The minimum atomic E-state index is -3.60. The van der Waals surface area contributed by atoms with E-state index < -0.39 is 10.0 Å². The Kier molecular flexibility index (Phi) is 4.39. The van der Waals surface area contributed by atoms with Crippen LogP contribution in [0.4, 0.5) is 0 Å². The van der Waals surface area contributed by atoms with Crippen LogP contribution in [0.15, 0.2) is 29.2 Å². The van der Waals surface area contributed by atoms with Crippen LogP contribution in [0.2, 0.25) is 0 Å². The second-order valence-corrected chi connectivity index (χ2v) is 10.7. The van der Waals surface area contributed by atoms with E-state index in [2.05, 4.69) is 10.0 Å². The largest absolute Gasteiger partial charge is 0.347 e. The molecule has 4 aliphatic rings. The summed E-state index contributed by atoms with van der Waals surface area (Å²) in [6.07, 6.45) is 7.21. The van der Waals surface area contributed by atoms with Gasteiger partial charge in [0, 0.05) is 17.1 Å². The SMILES string of the molecule is CC(C)NS(=O)(=O)c1cccc(C(=O)NC23CC4CC(CC(C4)C2)C3)c1. The first-order chi connectivity index (χ1) is 12.2. The zero-order valence-corrected chi connectivity index (χ0v) is 16.3. The predicted molar refractivity (Wildman–Crippen MR) is 100 cm³/mol. The summed E-state index contributed by atoms with van der Waals surface area (Å²) < 4.78 is 27.3. The number of carbonyl (C=O) groups excluding carboxylic acids is 1. The van der Waals surface area contributed by atoms with Gasteiger partial charge in [0.05, 0.1) is 4.90 Å². The molecule has 4 fully saturated rings. The van der Waals surface area contributed by atoms with Gasteiger partial charge in [-0.3, -0.25) is 4.79 Å². The Morgan fingerprint density at radius 1 is 1.08 bits per heavy atom. The summed E-state index contributed by atoms with van der Waals surface area (Å²) in [6.45, 7) is 3.56. The van der Waals surface area contributed by atoms with E-state index in [1.54, 1.807) is 26.0 Å². The zero-order chi connectivity index (χ0) is 18.5. The van der Waals surface area contributed by atoms with E-state index in [4.69, 9.17) is 0 Å². The Morgan fingerprint density at radius 2 is 1.65 bits per heavy atom. The topological polar surface area (TPSA) is 75.3 Å². The average molecular weight is 377 g/mol. The molecule has 26 heavy (non-hydrogen) atoms. The maximum atomic E-state index is 12.9. The van der Waals surface area contributed by atoms with Crippen molar-refractivity contribution in [2.75, 3.05) is 0 Å². The lowest BCUT2D eigenvalue weighted by Gasteiger charge is -2.56. The molecule has 142 valence electrons. The predicted octanol–water partition coefficient (Wildman–Crippen LogP) is 3.07. The monoisotopic (exact) mass is 376 g/mol. The molecule has 1 amide bonds. The Morgan fingerprint density at radius 3 is 2.19 bits per heavy atom. The van der Waals surface area contributed by atoms with E-state index in [-0.39, 0.29) is 22.4 Å². The first kappa shape index (κ1) is 18.0. The van der Waals surface area contributed by atoms with Crippen molar-refractivity contribution in [1.82, 2.24) is 10.0 Å². The molecule has 0 radical (unpaired) electrons. The average Bonchev–Trinajstić information content (AvgIpc) is 2.52. The van der Waals surface area contributed by atoms with Gasteiger partial charge in [-0.15, -0.1) is 0 Å². The molecule has 5 nitrogen and oxygen atoms in total. The van der Waals surface area contributed by atoms with Crippen molar-refractivity contribution >= 4 is 15.9 Å². The van der Waals surface area contributed by atoms with Gasteiger partial charge in [0.25, 0.3) is 5.91 Å². The van der Waals surface area contributed by atoms with Crippen LogP contribution >= 0.6 is 0 Å². The molecular formula is C20H28N2O3S. The summed E-state index contributed by atoms with van der Waals surface area (Å²) in [5.41, 5.74) is 0.351. The van der Waals surface area contributed by atoms with Crippen molar-refractivity contribution < 1.29 is 13.2 Å². The fourth-order valence-corrected chi connectivity index (χ4v) is 7.06. The summed E-state index contributed by atoms with van der Waals surface area (Å²) in [5.74, 6) is 2.11. The smallest absolute Gasteiger partial charge is 0.251 e. The van der Waals surface area contributed by atoms with E-state index in [0.29, 0.717) is 5.56 Å². The van der Waals surface area contributed by atoms with E-state index in [1.807, 2.05) is 0 Å². The van der Waals surface area contributed by atoms with Gasteiger partial charge in [-0.2, -0.15) is 0 Å². The Bertz CT molecular complexity index is 781. The van der Waals surface area contributed by atoms with E-state index in [1.165, 1.54) is 31.4 Å². The molecule has 1 aromatic carbocycles. The van der Waals surface area contributed by atoms with E-state index in [0.717, 1.165) is 37.0 Å². The van der Waals surface area contributed by atoms with Gasteiger partial charge >= 0.3 is 0 Å². The lowest BCUT2D eigenvalue weighted by molar-refractivity contribution is -0.0167. The van der Waals surface area contributed by atoms with Gasteiger partial charge in [0.1, 0.15) is 0 Å².